The molecule has 2 heterocycles. The molecular formula is C27H18Cl2N4O3S. The second-order valence-corrected chi connectivity index (χ2v) is 9.40. The van der Waals surface area contributed by atoms with E-state index in [9.17, 15) is 14.4 Å². The molecule has 4 aromatic rings. The number of nitrogens with one attached hydrogen (secondary N) is 2. The largest absolute Gasteiger partial charge is 0.337 e. The first-order chi connectivity index (χ1) is 17.8. The summed E-state index contributed by atoms with van der Waals surface area (Å²) >= 11 is 17.4. The van der Waals surface area contributed by atoms with E-state index in [1.807, 2.05) is 42.5 Å². The Hall–Kier alpha value is -3.98. The SMILES string of the molecule is O=C(Cn1cc(/C=C2/C(=O)NC(=S)N(c3ccc(Cl)c(Cl)c3)C2=O)c2ccccc21)Nc1ccccc1. The van der Waals surface area contributed by atoms with Gasteiger partial charge in [0.15, 0.2) is 5.11 Å². The van der Waals surface area contributed by atoms with Gasteiger partial charge in [-0.2, -0.15) is 0 Å². The maximum absolute atomic E-state index is 13.4. The zero-order valence-corrected chi connectivity index (χ0v) is 21.4. The fourth-order valence-electron chi connectivity index (χ4n) is 4.07. The highest BCUT2D eigenvalue weighted by Crippen LogP contribution is 2.30. The number of halogens is 2. The highest BCUT2D eigenvalue weighted by Gasteiger charge is 2.35. The third kappa shape index (κ3) is 4.99. The number of anilines is 2. The van der Waals surface area contributed by atoms with Crippen LogP contribution >= 0.6 is 35.4 Å². The summed E-state index contributed by atoms with van der Waals surface area (Å²) in [6, 6.07) is 21.2. The average Bonchev–Trinajstić information content (AvgIpc) is 3.21. The van der Waals surface area contributed by atoms with E-state index < -0.39 is 11.8 Å². The van der Waals surface area contributed by atoms with E-state index in [4.69, 9.17) is 35.4 Å². The number of hydrogen-bond acceptors (Lipinski definition) is 4. The number of rotatable bonds is 5. The number of thiocarbonyl (C=S) groups is 1. The molecular weight excluding hydrogens is 531 g/mol. The number of benzene rings is 3. The number of nitrogens with zero attached hydrogens (tertiary/aromatic N) is 2. The van der Waals surface area contributed by atoms with Crippen molar-refractivity contribution < 1.29 is 14.4 Å². The van der Waals surface area contributed by atoms with Gasteiger partial charge in [0.05, 0.1) is 15.7 Å². The molecule has 0 spiro atoms. The fraction of sp³-hybridized carbons (Fsp3) is 0.0370. The summed E-state index contributed by atoms with van der Waals surface area (Å²) < 4.78 is 1.77. The van der Waals surface area contributed by atoms with Crippen molar-refractivity contribution >= 4 is 86.6 Å². The van der Waals surface area contributed by atoms with E-state index in [0.717, 1.165) is 10.9 Å². The highest BCUT2D eigenvalue weighted by molar-refractivity contribution is 7.80. The van der Waals surface area contributed by atoms with Crippen molar-refractivity contribution in [3.8, 4) is 0 Å². The molecule has 0 radical (unpaired) electrons. The van der Waals surface area contributed by atoms with Crippen LogP contribution in [-0.4, -0.2) is 27.4 Å². The molecule has 10 heteroatoms. The number of aromatic nitrogens is 1. The minimum Gasteiger partial charge on any atom is -0.337 e. The normalized spacial score (nSPS) is 14.8. The molecule has 5 rings (SSSR count). The third-order valence-electron chi connectivity index (χ3n) is 5.75. The van der Waals surface area contributed by atoms with Crippen LogP contribution in [0.25, 0.3) is 17.0 Å². The summed E-state index contributed by atoms with van der Waals surface area (Å²) in [6.07, 6.45) is 3.23. The van der Waals surface area contributed by atoms with Crippen molar-refractivity contribution in [2.24, 2.45) is 0 Å². The molecule has 37 heavy (non-hydrogen) atoms. The molecule has 1 aromatic heterocycles. The monoisotopic (exact) mass is 548 g/mol. The van der Waals surface area contributed by atoms with Crippen LogP contribution in [0.1, 0.15) is 5.56 Å². The number of fused-ring (bicyclic) bond motifs is 1. The summed E-state index contributed by atoms with van der Waals surface area (Å²) in [6.45, 7) is 0.0399. The van der Waals surface area contributed by atoms with Gasteiger partial charge >= 0.3 is 0 Å². The first-order valence-corrected chi connectivity index (χ1v) is 12.3. The van der Waals surface area contributed by atoms with Gasteiger partial charge in [-0.05, 0) is 54.7 Å². The minimum atomic E-state index is -0.620. The van der Waals surface area contributed by atoms with Gasteiger partial charge in [0, 0.05) is 28.4 Å². The molecule has 7 nitrogen and oxygen atoms in total. The van der Waals surface area contributed by atoms with Crippen LogP contribution in [0.3, 0.4) is 0 Å². The van der Waals surface area contributed by atoms with Crippen LogP contribution in [0.4, 0.5) is 11.4 Å². The van der Waals surface area contributed by atoms with Gasteiger partial charge in [-0.1, -0.05) is 59.6 Å². The number of carbonyl (C=O) groups excluding carboxylic acids is 3. The van der Waals surface area contributed by atoms with Crippen LogP contribution in [0.5, 0.6) is 0 Å². The zero-order chi connectivity index (χ0) is 26.1. The highest BCUT2D eigenvalue weighted by atomic mass is 35.5. The van der Waals surface area contributed by atoms with Crippen LogP contribution in [0.15, 0.2) is 84.6 Å². The number of amides is 3. The lowest BCUT2D eigenvalue weighted by Gasteiger charge is -2.29. The van der Waals surface area contributed by atoms with Crippen molar-refractivity contribution in [1.29, 1.82) is 0 Å². The Kier molecular flexibility index (Phi) is 6.80. The van der Waals surface area contributed by atoms with Crippen molar-refractivity contribution in [1.82, 2.24) is 9.88 Å². The predicted octanol–water partition coefficient (Wildman–Crippen LogP) is 5.42. The predicted molar refractivity (Wildman–Crippen MR) is 150 cm³/mol. The van der Waals surface area contributed by atoms with Crippen molar-refractivity contribution in [3.63, 3.8) is 0 Å². The molecule has 184 valence electrons. The molecule has 3 amide bonds. The van der Waals surface area contributed by atoms with Crippen LogP contribution in [-0.2, 0) is 20.9 Å². The molecule has 0 bridgehead atoms. The second-order valence-electron chi connectivity index (χ2n) is 8.20. The number of para-hydroxylation sites is 2. The Morgan fingerprint density at radius 1 is 0.973 bits per heavy atom. The zero-order valence-electron chi connectivity index (χ0n) is 19.1. The number of hydrogen-bond donors (Lipinski definition) is 2. The van der Waals surface area contributed by atoms with Crippen molar-refractivity contribution in [2.45, 2.75) is 6.54 Å². The van der Waals surface area contributed by atoms with Gasteiger partial charge in [-0.3, -0.25) is 24.6 Å². The van der Waals surface area contributed by atoms with E-state index in [2.05, 4.69) is 10.6 Å². The smallest absolute Gasteiger partial charge is 0.270 e. The lowest BCUT2D eigenvalue weighted by molar-refractivity contribution is -0.122. The van der Waals surface area contributed by atoms with E-state index in [0.29, 0.717) is 22.0 Å². The van der Waals surface area contributed by atoms with Crippen LogP contribution < -0.4 is 15.5 Å². The van der Waals surface area contributed by atoms with Gasteiger partial charge in [-0.15, -0.1) is 0 Å². The Bertz CT molecular complexity index is 1610. The molecule has 0 aliphatic carbocycles. The fourth-order valence-corrected chi connectivity index (χ4v) is 4.64. The quantitative estimate of drug-likeness (QED) is 0.198. The molecule has 1 saturated heterocycles. The lowest BCUT2D eigenvalue weighted by atomic mass is 10.1. The van der Waals surface area contributed by atoms with Crippen molar-refractivity contribution in [2.75, 3.05) is 10.2 Å². The Morgan fingerprint density at radius 3 is 2.46 bits per heavy atom. The summed E-state index contributed by atoms with van der Waals surface area (Å²) in [5.74, 6) is -1.44. The Morgan fingerprint density at radius 2 is 1.70 bits per heavy atom. The minimum absolute atomic E-state index is 0.0399. The molecule has 3 aromatic carbocycles. The molecule has 2 N–H and O–H groups in total. The van der Waals surface area contributed by atoms with Gasteiger partial charge in [0.25, 0.3) is 11.8 Å². The maximum atomic E-state index is 13.4. The van der Waals surface area contributed by atoms with Gasteiger partial charge in [0.2, 0.25) is 5.91 Å². The number of carbonyl (C=O) groups is 3. The standard InChI is InChI=1S/C27H18Cl2N4O3S/c28-21-11-10-18(13-22(21)29)33-26(36)20(25(35)31-27(33)37)12-16-14-32(23-9-5-4-8-19(16)23)15-24(34)30-17-6-2-1-3-7-17/h1-14H,15H2,(H,30,34)(H,31,35,37)/b20-12-. The van der Waals surface area contributed by atoms with Gasteiger partial charge in [-0.25, -0.2) is 0 Å². The summed E-state index contributed by atoms with van der Waals surface area (Å²) in [4.78, 5) is 40.1. The van der Waals surface area contributed by atoms with E-state index >= 15 is 0 Å². The molecule has 0 atom stereocenters. The van der Waals surface area contributed by atoms with Gasteiger partial charge < -0.3 is 9.88 Å². The average molecular weight is 549 g/mol. The Balaban J connectivity index is 1.49. The second kappa shape index (κ2) is 10.2. The maximum Gasteiger partial charge on any atom is 0.270 e. The van der Waals surface area contributed by atoms with Crippen molar-refractivity contribution in [3.05, 3.63) is 100 Å². The third-order valence-corrected chi connectivity index (χ3v) is 6.78. The molecule has 1 fully saturated rings. The van der Waals surface area contributed by atoms with Crippen LogP contribution in [0.2, 0.25) is 10.0 Å². The molecule has 0 saturated carbocycles. The first-order valence-electron chi connectivity index (χ1n) is 11.1. The lowest BCUT2D eigenvalue weighted by Crippen LogP contribution is -2.54. The Labute approximate surface area is 227 Å². The molecule has 1 aliphatic heterocycles. The summed E-state index contributed by atoms with van der Waals surface area (Å²) in [5.41, 5.74) is 2.32. The summed E-state index contributed by atoms with van der Waals surface area (Å²) in [7, 11) is 0. The van der Waals surface area contributed by atoms with E-state index in [1.54, 1.807) is 35.0 Å². The summed E-state index contributed by atoms with van der Waals surface area (Å²) in [5, 5.41) is 6.70. The van der Waals surface area contributed by atoms with Crippen LogP contribution in [0, 0.1) is 0 Å². The molecule has 1 aliphatic rings. The first kappa shape index (κ1) is 24.7. The van der Waals surface area contributed by atoms with E-state index in [1.165, 1.54) is 17.0 Å². The topological polar surface area (TPSA) is 83.4 Å². The van der Waals surface area contributed by atoms with Gasteiger partial charge in [0.1, 0.15) is 12.1 Å². The van der Waals surface area contributed by atoms with E-state index in [-0.39, 0.29) is 28.2 Å². The molecule has 0 unspecified atom stereocenters.